The van der Waals surface area contributed by atoms with Gasteiger partial charge in [-0.2, -0.15) is 10.0 Å². The Balaban J connectivity index is 1.26. The average Bonchev–Trinajstić information content (AvgIpc) is 3.68. The van der Waals surface area contributed by atoms with Crippen molar-refractivity contribution in [2.75, 3.05) is 12.5 Å². The Hall–Kier alpha value is -5.19. The van der Waals surface area contributed by atoms with Gasteiger partial charge in [-0.15, -0.1) is 0 Å². The van der Waals surface area contributed by atoms with Crippen molar-refractivity contribution in [3.63, 3.8) is 0 Å². The predicted octanol–water partition coefficient (Wildman–Crippen LogP) is 11.6. The summed E-state index contributed by atoms with van der Waals surface area (Å²) in [6.45, 7) is 4.63. The zero-order valence-electron chi connectivity index (χ0n) is 26.8. The van der Waals surface area contributed by atoms with Gasteiger partial charge in [0.2, 0.25) is 0 Å². The van der Waals surface area contributed by atoms with Gasteiger partial charge in [-0.25, -0.2) is 9.97 Å². The van der Waals surface area contributed by atoms with Crippen molar-refractivity contribution in [2.45, 2.75) is 29.1 Å². The van der Waals surface area contributed by atoms with Crippen molar-refractivity contribution in [3.8, 4) is 44.9 Å². The van der Waals surface area contributed by atoms with E-state index in [0.717, 1.165) is 55.5 Å². The van der Waals surface area contributed by atoms with Gasteiger partial charge in [0, 0.05) is 48.1 Å². The third-order valence-corrected chi connectivity index (χ3v) is 13.4. The summed E-state index contributed by atoms with van der Waals surface area (Å²) in [6, 6.07) is 43.7. The van der Waals surface area contributed by atoms with Crippen LogP contribution in [-0.2, 0) is 5.41 Å². The van der Waals surface area contributed by atoms with E-state index in [2.05, 4.69) is 142 Å². The summed E-state index contributed by atoms with van der Waals surface area (Å²) in [5.41, 5.74) is 13.5. The maximum atomic E-state index is 6.60. The van der Waals surface area contributed by atoms with Crippen LogP contribution in [0.5, 0.6) is 0 Å². The number of para-hydroxylation sites is 1. The van der Waals surface area contributed by atoms with Gasteiger partial charge in [-0.3, -0.25) is 0 Å². The largest absolute Gasteiger partial charge is 0.455 e. The molecular weight excluding hydrogens is 593 g/mol. The molecule has 0 spiro atoms. The fourth-order valence-electron chi connectivity index (χ4n) is 8.25. The van der Waals surface area contributed by atoms with E-state index in [0.29, 0.717) is 0 Å². The van der Waals surface area contributed by atoms with Crippen molar-refractivity contribution in [2.24, 2.45) is 0 Å². The van der Waals surface area contributed by atoms with Gasteiger partial charge in [0.05, 0.1) is 11.2 Å². The van der Waals surface area contributed by atoms with Crippen LogP contribution >= 0.6 is 10.0 Å². The van der Waals surface area contributed by atoms with Crippen LogP contribution in [0.1, 0.15) is 25.0 Å². The van der Waals surface area contributed by atoms with Gasteiger partial charge >= 0.3 is 0 Å². The number of fused-ring (bicyclic) bond motifs is 12. The Bertz CT molecular complexity index is 2630. The SMILES string of the molecule is CC1(C)c2ccc(-c3nc(-c4ccccc4)c4ccc5c(c4n3)S(C)(C)c3ccccc3-5)cc2-c2c1ccc1c2oc2ccccc21. The lowest BCUT2D eigenvalue weighted by molar-refractivity contribution is 0.653. The molecule has 0 radical (unpaired) electrons. The second kappa shape index (κ2) is 9.21. The molecule has 8 aromatic rings. The Morgan fingerprint density at radius 1 is 0.596 bits per heavy atom. The summed E-state index contributed by atoms with van der Waals surface area (Å²) in [6.07, 6.45) is 4.82. The van der Waals surface area contributed by atoms with Crippen molar-refractivity contribution in [1.29, 1.82) is 0 Å². The number of rotatable bonds is 2. The second-order valence-corrected chi connectivity index (χ2v) is 17.3. The molecular formula is C43H32N2OS. The van der Waals surface area contributed by atoms with Gasteiger partial charge in [0.25, 0.3) is 0 Å². The number of hydrogen-bond donors (Lipinski definition) is 0. The molecule has 2 aromatic heterocycles. The third kappa shape index (κ3) is 3.54. The Kier molecular flexibility index (Phi) is 5.28. The molecule has 0 fully saturated rings. The number of hydrogen-bond acceptors (Lipinski definition) is 3. The highest BCUT2D eigenvalue weighted by Gasteiger charge is 2.38. The molecule has 1 aliphatic heterocycles. The quantitative estimate of drug-likeness (QED) is 0.192. The lowest BCUT2D eigenvalue weighted by Gasteiger charge is -2.29. The smallest absolute Gasteiger partial charge is 0.160 e. The molecule has 226 valence electrons. The zero-order chi connectivity index (χ0) is 31.7. The van der Waals surface area contributed by atoms with Crippen molar-refractivity contribution >= 4 is 42.9 Å². The fraction of sp³-hybridized carbons (Fsp3) is 0.116. The first kappa shape index (κ1) is 27.0. The van der Waals surface area contributed by atoms with Crippen LogP contribution in [0.3, 0.4) is 0 Å². The minimum absolute atomic E-state index is 0.157. The molecule has 0 amide bonds. The van der Waals surface area contributed by atoms with Gasteiger partial charge < -0.3 is 4.42 Å². The van der Waals surface area contributed by atoms with E-state index < -0.39 is 10.0 Å². The maximum Gasteiger partial charge on any atom is 0.160 e. The Morgan fingerprint density at radius 2 is 1.34 bits per heavy atom. The number of aromatic nitrogens is 2. The zero-order valence-corrected chi connectivity index (χ0v) is 27.6. The molecule has 3 nitrogen and oxygen atoms in total. The first-order valence-electron chi connectivity index (χ1n) is 16.2. The molecule has 0 unspecified atom stereocenters. The van der Waals surface area contributed by atoms with E-state index in [1.165, 1.54) is 43.2 Å². The molecule has 6 aromatic carbocycles. The summed E-state index contributed by atoms with van der Waals surface area (Å²) < 4.78 is 6.60. The molecule has 3 heterocycles. The predicted molar refractivity (Wildman–Crippen MR) is 197 cm³/mol. The van der Waals surface area contributed by atoms with Crippen LogP contribution < -0.4 is 0 Å². The van der Waals surface area contributed by atoms with Crippen LogP contribution in [0.4, 0.5) is 0 Å². The second-order valence-electron chi connectivity index (χ2n) is 13.8. The van der Waals surface area contributed by atoms with Crippen LogP contribution in [0.2, 0.25) is 0 Å². The summed E-state index contributed by atoms with van der Waals surface area (Å²) in [5.74, 6) is 0.752. The van der Waals surface area contributed by atoms with Gasteiger partial charge in [-0.05, 0) is 64.6 Å². The number of benzene rings is 6. The molecule has 0 saturated carbocycles. The van der Waals surface area contributed by atoms with E-state index in [-0.39, 0.29) is 5.41 Å². The summed E-state index contributed by atoms with van der Waals surface area (Å²) in [5, 5.41) is 3.41. The highest BCUT2D eigenvalue weighted by molar-refractivity contribution is 8.33. The lowest BCUT2D eigenvalue weighted by Crippen LogP contribution is -2.14. The molecule has 10 rings (SSSR count). The molecule has 0 saturated heterocycles. The Labute approximate surface area is 275 Å². The Morgan fingerprint density at radius 3 is 2.21 bits per heavy atom. The molecule has 0 N–H and O–H groups in total. The monoisotopic (exact) mass is 624 g/mol. The number of nitrogens with zero attached hydrogens (tertiary/aromatic N) is 2. The standard InChI is InChI=1S/C43H32N2OS/c1-43(2)33-22-18-26(24-32(33)37-34(43)23-21-29-27-14-8-10-16-35(27)46-40(29)37)42-44-38(25-12-6-5-7-13-25)31-20-19-30-28-15-9-11-17-36(28)47(3,4)41(30)39(31)45-42/h5-24H,1-4H3. The highest BCUT2D eigenvalue weighted by atomic mass is 32.3. The van der Waals surface area contributed by atoms with Crippen molar-refractivity contribution in [3.05, 3.63) is 132 Å². The molecule has 1 aliphatic carbocycles. The average molecular weight is 625 g/mol. The van der Waals surface area contributed by atoms with Crippen molar-refractivity contribution in [1.82, 2.24) is 9.97 Å². The normalized spacial score (nSPS) is 15.8. The summed E-state index contributed by atoms with van der Waals surface area (Å²) in [7, 11) is -1.29. The van der Waals surface area contributed by atoms with E-state index in [9.17, 15) is 0 Å². The van der Waals surface area contributed by atoms with Crippen LogP contribution in [0.25, 0.3) is 77.7 Å². The lowest BCUT2D eigenvalue weighted by atomic mass is 9.82. The molecule has 4 heteroatoms. The minimum Gasteiger partial charge on any atom is -0.455 e. The van der Waals surface area contributed by atoms with E-state index in [1.807, 2.05) is 6.07 Å². The molecule has 47 heavy (non-hydrogen) atoms. The highest BCUT2D eigenvalue weighted by Crippen LogP contribution is 2.68. The van der Waals surface area contributed by atoms with E-state index in [1.54, 1.807) is 0 Å². The topological polar surface area (TPSA) is 38.9 Å². The van der Waals surface area contributed by atoms with Crippen LogP contribution in [0.15, 0.2) is 136 Å². The first-order chi connectivity index (χ1) is 22.8. The van der Waals surface area contributed by atoms with Gasteiger partial charge in [0.15, 0.2) is 5.82 Å². The fourth-order valence-corrected chi connectivity index (χ4v) is 11.0. The maximum absolute atomic E-state index is 6.60. The molecule has 0 bridgehead atoms. The minimum atomic E-state index is -1.29. The van der Waals surface area contributed by atoms with E-state index >= 15 is 0 Å². The molecule has 0 atom stereocenters. The van der Waals surface area contributed by atoms with Crippen molar-refractivity contribution < 1.29 is 4.42 Å². The van der Waals surface area contributed by atoms with Gasteiger partial charge in [-0.1, -0.05) is 111 Å². The third-order valence-electron chi connectivity index (χ3n) is 10.5. The van der Waals surface area contributed by atoms with Crippen LogP contribution in [-0.4, -0.2) is 22.5 Å². The van der Waals surface area contributed by atoms with Crippen LogP contribution in [0, 0.1) is 0 Å². The summed E-state index contributed by atoms with van der Waals surface area (Å²) in [4.78, 5) is 13.6. The summed E-state index contributed by atoms with van der Waals surface area (Å²) >= 11 is 0. The van der Waals surface area contributed by atoms with E-state index in [4.69, 9.17) is 14.4 Å². The molecule has 2 aliphatic rings. The number of furan rings is 1. The first-order valence-corrected chi connectivity index (χ1v) is 18.6. The van der Waals surface area contributed by atoms with Gasteiger partial charge in [0.1, 0.15) is 11.2 Å².